The lowest BCUT2D eigenvalue weighted by Gasteiger charge is -2.27. The highest BCUT2D eigenvalue weighted by Crippen LogP contribution is 2.27. The van der Waals surface area contributed by atoms with Gasteiger partial charge in [-0.25, -0.2) is 0 Å². The van der Waals surface area contributed by atoms with E-state index >= 15 is 0 Å². The zero-order chi connectivity index (χ0) is 15.9. The molecule has 0 saturated carbocycles. The van der Waals surface area contributed by atoms with E-state index in [0.29, 0.717) is 28.9 Å². The van der Waals surface area contributed by atoms with Crippen molar-refractivity contribution >= 4 is 29.1 Å². The Hall–Kier alpha value is -1.01. The molecule has 0 unspecified atom stereocenters. The van der Waals surface area contributed by atoms with Crippen LogP contribution in [0, 0.1) is 0 Å². The molecule has 7 heteroatoms. The van der Waals surface area contributed by atoms with E-state index in [9.17, 15) is 4.79 Å². The normalized spacial score (nSPS) is 13.6. The number of halogens is 2. The van der Waals surface area contributed by atoms with E-state index in [4.69, 9.17) is 37.4 Å². The highest BCUT2D eigenvalue weighted by Gasteiger charge is 2.24. The molecular weight excluding hydrogens is 317 g/mol. The van der Waals surface area contributed by atoms with Crippen LogP contribution in [0.3, 0.4) is 0 Å². The fourth-order valence-electron chi connectivity index (χ4n) is 1.56. The first-order valence-corrected chi connectivity index (χ1v) is 7.04. The smallest absolute Gasteiger partial charge is 0.258 e. The first kappa shape index (κ1) is 18.0. The summed E-state index contributed by atoms with van der Waals surface area (Å²) in [4.78, 5) is 11.8. The predicted molar refractivity (Wildman–Crippen MR) is 82.3 cm³/mol. The van der Waals surface area contributed by atoms with E-state index < -0.39 is 5.60 Å². The Morgan fingerprint density at radius 3 is 2.62 bits per heavy atom. The van der Waals surface area contributed by atoms with Crippen molar-refractivity contribution < 1.29 is 19.0 Å². The lowest BCUT2D eigenvalue weighted by Crippen LogP contribution is -2.46. The van der Waals surface area contributed by atoms with Crippen molar-refractivity contribution in [2.45, 2.75) is 12.5 Å². The summed E-state index contributed by atoms with van der Waals surface area (Å²) in [6.07, 6.45) is 0. The molecule has 1 N–H and O–H groups in total. The summed E-state index contributed by atoms with van der Waals surface area (Å²) in [5.41, 5.74) is -0.581. The van der Waals surface area contributed by atoms with Gasteiger partial charge in [-0.3, -0.25) is 4.79 Å². The van der Waals surface area contributed by atoms with Gasteiger partial charge in [0.15, 0.2) is 6.61 Å². The molecule has 0 aromatic heterocycles. The standard InChI is InChI=1S/C14H19Cl2NO4/c1-14(20-3,9-19-2)8-17-13(18)7-21-12-5-4-10(15)6-11(12)16/h4-6H,7-9H2,1-3H3,(H,17,18)/t14-/m1/s1. The molecule has 1 amide bonds. The second-order valence-electron chi connectivity index (χ2n) is 4.73. The number of nitrogens with one attached hydrogen (secondary N) is 1. The van der Waals surface area contributed by atoms with Crippen molar-refractivity contribution in [2.75, 3.05) is 34.0 Å². The van der Waals surface area contributed by atoms with Crippen molar-refractivity contribution in [2.24, 2.45) is 0 Å². The molecule has 0 fully saturated rings. The van der Waals surface area contributed by atoms with Gasteiger partial charge in [0.2, 0.25) is 0 Å². The Balaban J connectivity index is 2.44. The van der Waals surface area contributed by atoms with Crippen LogP contribution in [-0.4, -0.2) is 45.5 Å². The van der Waals surface area contributed by atoms with Crippen LogP contribution in [-0.2, 0) is 14.3 Å². The number of hydrogen-bond acceptors (Lipinski definition) is 4. The van der Waals surface area contributed by atoms with Gasteiger partial charge in [0.25, 0.3) is 5.91 Å². The van der Waals surface area contributed by atoms with E-state index in [1.807, 2.05) is 6.92 Å². The molecule has 21 heavy (non-hydrogen) atoms. The number of methoxy groups -OCH3 is 2. The Labute approximate surface area is 134 Å². The number of hydrogen-bond donors (Lipinski definition) is 1. The van der Waals surface area contributed by atoms with Gasteiger partial charge in [-0.05, 0) is 25.1 Å². The maximum Gasteiger partial charge on any atom is 0.258 e. The lowest BCUT2D eigenvalue weighted by molar-refractivity contribution is -0.125. The first-order chi connectivity index (χ1) is 9.90. The van der Waals surface area contributed by atoms with Crippen LogP contribution in [0.5, 0.6) is 5.75 Å². The van der Waals surface area contributed by atoms with Crippen molar-refractivity contribution in [3.05, 3.63) is 28.2 Å². The van der Waals surface area contributed by atoms with Crippen LogP contribution in [0.25, 0.3) is 0 Å². The summed E-state index contributed by atoms with van der Waals surface area (Å²) >= 11 is 11.7. The van der Waals surface area contributed by atoms with Crippen LogP contribution in [0.4, 0.5) is 0 Å². The Morgan fingerprint density at radius 2 is 2.05 bits per heavy atom. The topological polar surface area (TPSA) is 56.8 Å². The highest BCUT2D eigenvalue weighted by molar-refractivity contribution is 6.35. The van der Waals surface area contributed by atoms with E-state index in [1.54, 1.807) is 32.4 Å². The second kappa shape index (κ2) is 8.44. The van der Waals surface area contributed by atoms with Gasteiger partial charge in [0.05, 0.1) is 11.6 Å². The minimum atomic E-state index is -0.581. The molecule has 0 spiro atoms. The second-order valence-corrected chi connectivity index (χ2v) is 5.57. The van der Waals surface area contributed by atoms with Crippen LogP contribution >= 0.6 is 23.2 Å². The number of amides is 1. The van der Waals surface area contributed by atoms with Gasteiger partial charge >= 0.3 is 0 Å². The average Bonchev–Trinajstić information content (AvgIpc) is 2.44. The van der Waals surface area contributed by atoms with Gasteiger partial charge in [-0.15, -0.1) is 0 Å². The molecule has 0 heterocycles. The number of benzene rings is 1. The predicted octanol–water partition coefficient (Wildman–Crippen LogP) is 2.54. The zero-order valence-corrected chi connectivity index (χ0v) is 13.8. The minimum absolute atomic E-state index is 0.145. The number of rotatable bonds is 8. The quantitative estimate of drug-likeness (QED) is 0.793. The molecule has 1 atom stereocenters. The number of carbonyl (C=O) groups is 1. The first-order valence-electron chi connectivity index (χ1n) is 6.29. The van der Waals surface area contributed by atoms with E-state index in [1.165, 1.54) is 0 Å². The molecule has 0 bridgehead atoms. The fraction of sp³-hybridized carbons (Fsp3) is 0.500. The molecule has 0 aliphatic rings. The largest absolute Gasteiger partial charge is 0.482 e. The molecule has 0 aliphatic heterocycles. The zero-order valence-electron chi connectivity index (χ0n) is 12.2. The third-order valence-corrected chi connectivity index (χ3v) is 3.39. The third kappa shape index (κ3) is 6.09. The number of ether oxygens (including phenoxy) is 3. The maximum absolute atomic E-state index is 11.8. The SMILES string of the molecule is COC[C@@](C)(CNC(=O)COc1ccc(Cl)cc1Cl)OC. The summed E-state index contributed by atoms with van der Waals surface area (Å²) in [7, 11) is 3.14. The van der Waals surface area contributed by atoms with Gasteiger partial charge in [-0.1, -0.05) is 23.2 Å². The van der Waals surface area contributed by atoms with Crippen LogP contribution in [0.15, 0.2) is 18.2 Å². The van der Waals surface area contributed by atoms with Crippen LogP contribution in [0.1, 0.15) is 6.92 Å². The minimum Gasteiger partial charge on any atom is -0.482 e. The molecule has 0 aliphatic carbocycles. The Morgan fingerprint density at radius 1 is 1.33 bits per heavy atom. The van der Waals surface area contributed by atoms with Crippen LogP contribution in [0.2, 0.25) is 10.0 Å². The average molecular weight is 336 g/mol. The Bertz CT molecular complexity index is 484. The number of carbonyl (C=O) groups excluding carboxylic acids is 1. The van der Waals surface area contributed by atoms with Crippen LogP contribution < -0.4 is 10.1 Å². The van der Waals surface area contributed by atoms with Crippen molar-refractivity contribution in [3.8, 4) is 5.75 Å². The summed E-state index contributed by atoms with van der Waals surface area (Å²) in [5.74, 6) is 0.128. The summed E-state index contributed by atoms with van der Waals surface area (Å²) in [6, 6.07) is 4.81. The molecule has 0 saturated heterocycles. The van der Waals surface area contributed by atoms with Crippen molar-refractivity contribution in [3.63, 3.8) is 0 Å². The third-order valence-electron chi connectivity index (χ3n) is 2.85. The lowest BCUT2D eigenvalue weighted by atomic mass is 10.1. The summed E-state index contributed by atoms with van der Waals surface area (Å²) < 4.78 is 15.7. The maximum atomic E-state index is 11.8. The monoisotopic (exact) mass is 335 g/mol. The van der Waals surface area contributed by atoms with E-state index in [-0.39, 0.29) is 12.5 Å². The molecule has 118 valence electrons. The van der Waals surface area contributed by atoms with E-state index in [2.05, 4.69) is 5.32 Å². The van der Waals surface area contributed by atoms with Crippen molar-refractivity contribution in [1.82, 2.24) is 5.32 Å². The fourth-order valence-corrected chi connectivity index (χ4v) is 2.02. The molecule has 1 rings (SSSR count). The van der Waals surface area contributed by atoms with Gasteiger partial charge in [0, 0.05) is 25.8 Å². The Kier molecular flexibility index (Phi) is 7.25. The summed E-state index contributed by atoms with van der Waals surface area (Å²) in [6.45, 7) is 2.38. The molecule has 5 nitrogen and oxygen atoms in total. The van der Waals surface area contributed by atoms with Crippen molar-refractivity contribution in [1.29, 1.82) is 0 Å². The molecule has 1 aromatic carbocycles. The van der Waals surface area contributed by atoms with Gasteiger partial charge in [0.1, 0.15) is 11.4 Å². The summed E-state index contributed by atoms with van der Waals surface area (Å²) in [5, 5.41) is 3.59. The molecule has 0 radical (unpaired) electrons. The molecular formula is C14H19Cl2NO4. The van der Waals surface area contributed by atoms with E-state index in [0.717, 1.165) is 0 Å². The van der Waals surface area contributed by atoms with Gasteiger partial charge in [-0.2, -0.15) is 0 Å². The molecule has 1 aromatic rings. The van der Waals surface area contributed by atoms with Gasteiger partial charge < -0.3 is 19.5 Å². The highest BCUT2D eigenvalue weighted by atomic mass is 35.5.